The van der Waals surface area contributed by atoms with Gasteiger partial charge in [-0.1, -0.05) is 47.6 Å². The molecule has 3 atom stereocenters. The van der Waals surface area contributed by atoms with Crippen LogP contribution in [0.15, 0.2) is 68.4 Å². The first-order chi connectivity index (χ1) is 13.3. The predicted molar refractivity (Wildman–Crippen MR) is 122 cm³/mol. The number of aliphatic imine (C=N–C) groups is 2. The summed E-state index contributed by atoms with van der Waals surface area (Å²) in [6.45, 7) is 14.2. The van der Waals surface area contributed by atoms with Gasteiger partial charge >= 0.3 is 0 Å². The van der Waals surface area contributed by atoms with Gasteiger partial charge in [0.25, 0.3) is 0 Å². The molecule has 2 aliphatic rings. The quantitative estimate of drug-likeness (QED) is 0.278. The van der Waals surface area contributed by atoms with Crippen LogP contribution < -0.4 is 0 Å². The summed E-state index contributed by atoms with van der Waals surface area (Å²) in [4.78, 5) is 9.22. The van der Waals surface area contributed by atoms with Crippen LogP contribution in [0.5, 0.6) is 0 Å². The molecule has 0 saturated heterocycles. The Bertz CT molecular complexity index is 789. The molecule has 0 fully saturated rings. The first-order valence-corrected chi connectivity index (χ1v) is 10.3. The second-order valence-electron chi connectivity index (χ2n) is 8.17. The highest BCUT2D eigenvalue weighted by Gasteiger charge is 2.45. The van der Waals surface area contributed by atoms with Gasteiger partial charge in [-0.3, -0.25) is 4.99 Å². The molecule has 0 amide bonds. The lowest BCUT2D eigenvalue weighted by Crippen LogP contribution is -2.38. The second kappa shape index (κ2) is 9.56. The minimum Gasteiger partial charge on any atom is -0.481 e. The van der Waals surface area contributed by atoms with Crippen LogP contribution >= 0.6 is 11.6 Å². The van der Waals surface area contributed by atoms with Crippen molar-refractivity contribution in [2.75, 3.05) is 7.11 Å². The van der Waals surface area contributed by atoms with Gasteiger partial charge in [0, 0.05) is 28.8 Å². The smallest absolute Gasteiger partial charge is 0.222 e. The van der Waals surface area contributed by atoms with Crippen molar-refractivity contribution in [2.24, 2.45) is 27.2 Å². The lowest BCUT2D eigenvalue weighted by Gasteiger charge is -2.45. The summed E-state index contributed by atoms with van der Waals surface area (Å²) >= 11 is 6.76. The molecule has 0 aromatic carbocycles. The van der Waals surface area contributed by atoms with Crippen molar-refractivity contribution < 1.29 is 4.74 Å². The third-order valence-corrected chi connectivity index (χ3v) is 6.05. The normalized spacial score (nSPS) is 27.1. The Morgan fingerprint density at radius 1 is 1.29 bits per heavy atom. The summed E-state index contributed by atoms with van der Waals surface area (Å²) < 4.78 is 5.71. The van der Waals surface area contributed by atoms with Crippen molar-refractivity contribution in [2.45, 2.75) is 53.9 Å². The van der Waals surface area contributed by atoms with E-state index in [1.54, 1.807) is 13.3 Å². The molecule has 2 aliphatic carbocycles. The molecule has 0 aliphatic heterocycles. The van der Waals surface area contributed by atoms with Crippen LogP contribution in [0.1, 0.15) is 53.9 Å². The molecule has 0 saturated carbocycles. The molecule has 0 aromatic rings. The van der Waals surface area contributed by atoms with E-state index in [4.69, 9.17) is 21.3 Å². The largest absolute Gasteiger partial charge is 0.481 e. The van der Waals surface area contributed by atoms with Crippen LogP contribution in [0.4, 0.5) is 0 Å². The maximum Gasteiger partial charge on any atom is 0.222 e. The van der Waals surface area contributed by atoms with Gasteiger partial charge in [0.1, 0.15) is 0 Å². The Labute approximate surface area is 175 Å². The summed E-state index contributed by atoms with van der Waals surface area (Å²) in [5.74, 6) is 1.36. The zero-order valence-electron chi connectivity index (χ0n) is 18.1. The number of allylic oxidation sites excluding steroid dienone is 6. The van der Waals surface area contributed by atoms with Gasteiger partial charge in [0.2, 0.25) is 5.90 Å². The van der Waals surface area contributed by atoms with Crippen LogP contribution in [-0.4, -0.2) is 19.2 Å². The van der Waals surface area contributed by atoms with Crippen LogP contribution in [0.25, 0.3) is 0 Å². The topological polar surface area (TPSA) is 34.0 Å². The second-order valence-corrected chi connectivity index (χ2v) is 8.61. The van der Waals surface area contributed by atoms with E-state index in [9.17, 15) is 0 Å². The van der Waals surface area contributed by atoms with Crippen LogP contribution in [0.3, 0.4) is 0 Å². The van der Waals surface area contributed by atoms with Gasteiger partial charge in [-0.05, 0) is 59.8 Å². The van der Waals surface area contributed by atoms with Gasteiger partial charge in [-0.2, -0.15) is 0 Å². The SMILES string of the molecule is C=CN=CC(C(=NC(=C(C)C)C1(C)C=CCC2CCC=C(Cl)C21)OC)=C(C)C. The number of nitrogens with zero attached hydrogens (tertiary/aromatic N) is 2. The van der Waals surface area contributed by atoms with Gasteiger partial charge in [0.05, 0.1) is 18.4 Å². The summed E-state index contributed by atoms with van der Waals surface area (Å²) in [6, 6.07) is 0. The number of fused-ring (bicyclic) bond motifs is 1. The molecule has 152 valence electrons. The third kappa shape index (κ3) is 4.57. The molecule has 0 radical (unpaired) electrons. The highest BCUT2D eigenvalue weighted by Crippen LogP contribution is 2.54. The van der Waals surface area contributed by atoms with Crippen molar-refractivity contribution in [3.8, 4) is 0 Å². The fraction of sp³-hybridized carbons (Fsp3) is 0.500. The van der Waals surface area contributed by atoms with Crippen molar-refractivity contribution >= 4 is 23.7 Å². The van der Waals surface area contributed by atoms with E-state index in [2.05, 4.69) is 50.6 Å². The average Bonchev–Trinajstić information content (AvgIpc) is 2.63. The molecule has 0 bridgehead atoms. The summed E-state index contributed by atoms with van der Waals surface area (Å²) in [6.07, 6.45) is 13.3. The maximum atomic E-state index is 6.76. The Balaban J connectivity index is 2.63. The van der Waals surface area contributed by atoms with E-state index in [-0.39, 0.29) is 11.3 Å². The molecule has 28 heavy (non-hydrogen) atoms. The van der Waals surface area contributed by atoms with Crippen molar-refractivity contribution in [1.29, 1.82) is 0 Å². The molecule has 3 unspecified atom stereocenters. The monoisotopic (exact) mass is 400 g/mol. The molecule has 0 aromatic heterocycles. The molecule has 3 nitrogen and oxygen atoms in total. The lowest BCUT2D eigenvalue weighted by molar-refractivity contribution is 0.212. The number of halogens is 1. The highest BCUT2D eigenvalue weighted by atomic mass is 35.5. The van der Waals surface area contributed by atoms with Gasteiger partial charge in [0.15, 0.2) is 0 Å². The van der Waals surface area contributed by atoms with E-state index in [0.717, 1.165) is 40.3 Å². The van der Waals surface area contributed by atoms with Crippen LogP contribution in [0, 0.1) is 17.3 Å². The average molecular weight is 401 g/mol. The number of ether oxygens (including phenoxy) is 1. The summed E-state index contributed by atoms with van der Waals surface area (Å²) in [5, 5.41) is 0.965. The van der Waals surface area contributed by atoms with E-state index >= 15 is 0 Å². The molecule has 2 rings (SSSR count). The molecule has 4 heteroatoms. The highest BCUT2D eigenvalue weighted by molar-refractivity contribution is 6.30. The maximum absolute atomic E-state index is 6.76. The van der Waals surface area contributed by atoms with Crippen molar-refractivity contribution in [1.82, 2.24) is 0 Å². The van der Waals surface area contributed by atoms with Crippen LogP contribution in [-0.2, 0) is 4.74 Å². The summed E-state index contributed by atoms with van der Waals surface area (Å²) in [7, 11) is 1.65. The van der Waals surface area contributed by atoms with E-state index < -0.39 is 0 Å². The first kappa shape index (κ1) is 22.4. The first-order valence-electron chi connectivity index (χ1n) is 9.92. The molecular formula is C24H33ClN2O. The summed E-state index contributed by atoms with van der Waals surface area (Å²) in [5.41, 5.74) is 3.84. The molecular weight excluding hydrogens is 368 g/mol. The number of hydrogen-bond acceptors (Lipinski definition) is 3. The Kier molecular flexibility index (Phi) is 7.65. The van der Waals surface area contributed by atoms with Crippen LogP contribution in [0.2, 0.25) is 0 Å². The lowest BCUT2D eigenvalue weighted by atomic mass is 9.61. The minimum absolute atomic E-state index is 0.247. The minimum atomic E-state index is -0.276. The molecule has 0 heterocycles. The zero-order chi connectivity index (χ0) is 20.9. The number of methoxy groups -OCH3 is 1. The van der Waals surface area contributed by atoms with Crippen molar-refractivity contribution in [3.05, 3.63) is 58.5 Å². The number of hydrogen-bond donors (Lipinski definition) is 0. The van der Waals surface area contributed by atoms with Crippen molar-refractivity contribution in [3.63, 3.8) is 0 Å². The molecule has 0 N–H and O–H groups in total. The Hall–Kier alpha value is -1.87. The zero-order valence-corrected chi connectivity index (χ0v) is 18.8. The predicted octanol–water partition coefficient (Wildman–Crippen LogP) is 6.99. The Morgan fingerprint density at radius 2 is 2.00 bits per heavy atom. The Morgan fingerprint density at radius 3 is 2.57 bits per heavy atom. The fourth-order valence-electron chi connectivity index (χ4n) is 4.42. The number of rotatable bonds is 5. The van der Waals surface area contributed by atoms with Gasteiger partial charge < -0.3 is 4.74 Å². The standard InChI is InChI=1S/C24H33ClN2O/c1-8-26-15-19(16(2)3)23(28-7)27-22(17(4)5)24(6)14-10-12-18-11-9-13-20(25)21(18)24/h8,10,13-15,18,21H,1,9,11-12H2,2-7H3. The fourth-order valence-corrected chi connectivity index (χ4v) is 4.93. The van der Waals surface area contributed by atoms with E-state index in [0.29, 0.717) is 11.8 Å². The van der Waals surface area contributed by atoms with Gasteiger partial charge in [-0.15, -0.1) is 0 Å². The van der Waals surface area contributed by atoms with Gasteiger partial charge in [-0.25, -0.2) is 4.99 Å². The van der Waals surface area contributed by atoms with E-state index in [1.807, 2.05) is 13.8 Å². The van der Waals surface area contributed by atoms with E-state index in [1.165, 1.54) is 12.6 Å². The third-order valence-electron chi connectivity index (χ3n) is 5.66. The molecule has 0 spiro atoms.